The average Bonchev–Trinajstić information content (AvgIpc) is 3.70. The number of nitrogens with one attached hydrogen (secondary N) is 2. The van der Waals surface area contributed by atoms with Gasteiger partial charge in [-0.15, -0.1) is 10.2 Å². The lowest BCUT2D eigenvalue weighted by atomic mass is 10.0. The molecule has 35 heavy (non-hydrogen) atoms. The summed E-state index contributed by atoms with van der Waals surface area (Å²) in [7, 11) is 1.53. The summed E-state index contributed by atoms with van der Waals surface area (Å²) in [6.07, 6.45) is 3.62. The average molecular weight is 476 g/mol. The summed E-state index contributed by atoms with van der Waals surface area (Å²) >= 11 is 0. The Bertz CT molecular complexity index is 1260. The molecule has 0 spiro atoms. The third-order valence-electron chi connectivity index (χ3n) is 5.25. The Morgan fingerprint density at radius 2 is 1.91 bits per heavy atom. The molecular weight excluding hydrogens is 450 g/mol. The van der Waals surface area contributed by atoms with E-state index in [1.165, 1.54) is 7.11 Å². The zero-order chi connectivity index (χ0) is 24.9. The Balaban J connectivity index is 1.62. The van der Waals surface area contributed by atoms with Crippen molar-refractivity contribution >= 4 is 35.4 Å². The molecule has 0 atom stereocenters. The van der Waals surface area contributed by atoms with Crippen molar-refractivity contribution in [3.63, 3.8) is 0 Å². The molecule has 0 unspecified atom stereocenters. The molecule has 1 aliphatic carbocycles. The second-order valence-electron chi connectivity index (χ2n) is 8.31. The van der Waals surface area contributed by atoms with Crippen molar-refractivity contribution in [2.24, 2.45) is 5.92 Å². The lowest BCUT2D eigenvalue weighted by Crippen LogP contribution is -2.15. The van der Waals surface area contributed by atoms with E-state index in [4.69, 9.17) is 9.47 Å². The maximum absolute atomic E-state index is 12.1. The van der Waals surface area contributed by atoms with Gasteiger partial charge in [0.05, 0.1) is 24.6 Å². The van der Waals surface area contributed by atoms with E-state index in [-0.39, 0.29) is 35.1 Å². The van der Waals surface area contributed by atoms with E-state index in [0.717, 1.165) is 12.8 Å². The van der Waals surface area contributed by atoms with Crippen molar-refractivity contribution in [2.45, 2.75) is 32.8 Å². The first-order chi connectivity index (χ1) is 16.9. The van der Waals surface area contributed by atoms with Gasteiger partial charge in [-0.3, -0.25) is 9.59 Å². The Morgan fingerprint density at radius 1 is 1.11 bits per heavy atom. The van der Waals surface area contributed by atoms with Crippen LogP contribution in [-0.2, 0) is 9.53 Å². The van der Waals surface area contributed by atoms with Gasteiger partial charge >= 0.3 is 5.97 Å². The van der Waals surface area contributed by atoms with E-state index in [9.17, 15) is 14.4 Å². The first kappa shape index (κ1) is 23.8. The highest BCUT2D eigenvalue weighted by Gasteiger charge is 2.30. The highest BCUT2D eigenvalue weighted by Crippen LogP contribution is 2.38. The molecule has 2 heterocycles. The predicted octanol–water partition coefficient (Wildman–Crippen LogP) is 4.02. The fourth-order valence-corrected chi connectivity index (χ4v) is 3.40. The first-order valence-corrected chi connectivity index (χ1v) is 11.1. The normalized spacial score (nSPS) is 12.7. The van der Waals surface area contributed by atoms with Gasteiger partial charge in [0.1, 0.15) is 17.1 Å². The van der Waals surface area contributed by atoms with E-state index < -0.39 is 5.97 Å². The molecule has 10 nitrogen and oxygen atoms in total. The maximum Gasteiger partial charge on any atom is 0.357 e. The molecule has 1 saturated carbocycles. The maximum atomic E-state index is 12.1. The molecule has 4 rings (SSSR count). The summed E-state index contributed by atoms with van der Waals surface area (Å²) in [5.74, 6) is 0.132. The molecule has 0 radical (unpaired) electrons. The largest absolute Gasteiger partial charge is 0.494 e. The number of carbonyl (C=O) groups excluding carboxylic acids is 3. The van der Waals surface area contributed by atoms with Gasteiger partial charge in [0.2, 0.25) is 5.91 Å². The van der Waals surface area contributed by atoms with Crippen molar-refractivity contribution in [1.82, 2.24) is 15.2 Å². The standard InChI is InChI=1S/C25H25N5O5/c1-14(2)35-25(33)19-10-9-16(12-26-19)17-5-4-6-18(23(17)34-3)27-20-11-22(30-29-21(20)13-31)28-24(32)15-7-8-15/h4-6,9-15H,7-8H2,1-3H3,(H2,27,28,30,32). The number of aldehydes is 1. The number of hydrogen-bond acceptors (Lipinski definition) is 9. The van der Waals surface area contributed by atoms with Crippen molar-refractivity contribution in [1.29, 1.82) is 0 Å². The fraction of sp³-hybridized carbons (Fsp3) is 0.280. The van der Waals surface area contributed by atoms with E-state index in [1.807, 2.05) is 12.1 Å². The topological polar surface area (TPSA) is 132 Å². The van der Waals surface area contributed by atoms with Crippen LogP contribution in [-0.4, -0.2) is 46.6 Å². The number of hydrogen-bond donors (Lipinski definition) is 2. The van der Waals surface area contributed by atoms with Crippen LogP contribution in [0.1, 0.15) is 47.7 Å². The highest BCUT2D eigenvalue weighted by molar-refractivity contribution is 5.94. The van der Waals surface area contributed by atoms with Crippen molar-refractivity contribution in [2.75, 3.05) is 17.7 Å². The van der Waals surface area contributed by atoms with Crippen LogP contribution < -0.4 is 15.4 Å². The smallest absolute Gasteiger partial charge is 0.357 e. The summed E-state index contributed by atoms with van der Waals surface area (Å²) in [4.78, 5) is 40.0. The molecule has 1 fully saturated rings. The Hall–Kier alpha value is -4.34. The lowest BCUT2D eigenvalue weighted by Gasteiger charge is -2.16. The molecule has 1 amide bonds. The molecule has 2 aromatic heterocycles. The number of para-hydroxylation sites is 1. The van der Waals surface area contributed by atoms with Gasteiger partial charge in [-0.25, -0.2) is 9.78 Å². The van der Waals surface area contributed by atoms with Gasteiger partial charge in [-0.1, -0.05) is 18.2 Å². The number of esters is 1. The Morgan fingerprint density at radius 3 is 2.54 bits per heavy atom. The molecule has 180 valence electrons. The Labute approximate surface area is 202 Å². The van der Waals surface area contributed by atoms with Gasteiger partial charge in [0, 0.05) is 29.3 Å². The third kappa shape index (κ3) is 5.60. The third-order valence-corrected chi connectivity index (χ3v) is 5.25. The van der Waals surface area contributed by atoms with Crippen molar-refractivity contribution in [3.8, 4) is 16.9 Å². The number of amides is 1. The molecule has 0 bridgehead atoms. The molecule has 1 aliphatic rings. The minimum Gasteiger partial charge on any atom is -0.494 e. The summed E-state index contributed by atoms with van der Waals surface area (Å²) in [5.41, 5.74) is 2.63. The van der Waals surface area contributed by atoms with Gasteiger partial charge in [-0.05, 0) is 38.8 Å². The van der Waals surface area contributed by atoms with Crippen LogP contribution in [0.5, 0.6) is 5.75 Å². The number of anilines is 3. The number of ether oxygens (including phenoxy) is 2. The van der Waals surface area contributed by atoms with Crippen LogP contribution in [0.15, 0.2) is 42.6 Å². The SMILES string of the molecule is COc1c(Nc2cc(NC(=O)C3CC3)nnc2C=O)cccc1-c1ccc(C(=O)OC(C)C)nc1. The summed E-state index contributed by atoms with van der Waals surface area (Å²) < 4.78 is 10.8. The monoisotopic (exact) mass is 475 g/mol. The fourth-order valence-electron chi connectivity index (χ4n) is 3.40. The second-order valence-corrected chi connectivity index (χ2v) is 8.31. The number of nitrogens with zero attached hydrogens (tertiary/aromatic N) is 3. The molecule has 3 aromatic rings. The lowest BCUT2D eigenvalue weighted by molar-refractivity contribution is -0.117. The number of methoxy groups -OCH3 is 1. The quantitative estimate of drug-likeness (QED) is 0.348. The molecule has 2 N–H and O–H groups in total. The van der Waals surface area contributed by atoms with Gasteiger partial charge in [0.25, 0.3) is 0 Å². The molecule has 10 heteroatoms. The molecule has 0 aliphatic heterocycles. The van der Waals surface area contributed by atoms with Crippen molar-refractivity contribution in [3.05, 3.63) is 54.0 Å². The van der Waals surface area contributed by atoms with Crippen LogP contribution >= 0.6 is 0 Å². The zero-order valence-corrected chi connectivity index (χ0v) is 19.6. The van der Waals surface area contributed by atoms with Gasteiger partial charge in [-0.2, -0.15) is 0 Å². The molecular formula is C25H25N5O5. The van der Waals surface area contributed by atoms with E-state index >= 15 is 0 Å². The summed E-state index contributed by atoms with van der Waals surface area (Å²) in [6, 6.07) is 10.3. The van der Waals surface area contributed by atoms with Crippen LogP contribution in [0.25, 0.3) is 11.1 Å². The van der Waals surface area contributed by atoms with Crippen LogP contribution in [0, 0.1) is 5.92 Å². The van der Waals surface area contributed by atoms with E-state index in [1.54, 1.807) is 44.3 Å². The van der Waals surface area contributed by atoms with Crippen molar-refractivity contribution < 1.29 is 23.9 Å². The number of benzene rings is 1. The van der Waals surface area contributed by atoms with Crippen LogP contribution in [0.4, 0.5) is 17.2 Å². The van der Waals surface area contributed by atoms with Gasteiger partial charge < -0.3 is 20.1 Å². The minimum atomic E-state index is -0.495. The first-order valence-electron chi connectivity index (χ1n) is 11.1. The summed E-state index contributed by atoms with van der Waals surface area (Å²) in [5, 5.41) is 13.7. The number of carbonyl (C=O) groups is 3. The second kappa shape index (κ2) is 10.3. The summed E-state index contributed by atoms with van der Waals surface area (Å²) in [6.45, 7) is 3.54. The Kier molecular flexibility index (Phi) is 7.00. The predicted molar refractivity (Wildman–Crippen MR) is 129 cm³/mol. The number of aromatic nitrogens is 3. The number of rotatable bonds is 9. The van der Waals surface area contributed by atoms with Gasteiger partial charge in [0.15, 0.2) is 12.1 Å². The highest BCUT2D eigenvalue weighted by atomic mass is 16.5. The molecule has 1 aromatic carbocycles. The number of pyridine rings is 1. The minimum absolute atomic E-state index is 0.00274. The van der Waals surface area contributed by atoms with Crippen LogP contribution in [0.2, 0.25) is 0 Å². The van der Waals surface area contributed by atoms with Crippen LogP contribution in [0.3, 0.4) is 0 Å². The zero-order valence-electron chi connectivity index (χ0n) is 19.6. The molecule has 0 saturated heterocycles. The van der Waals surface area contributed by atoms with E-state index in [0.29, 0.717) is 34.5 Å². The van der Waals surface area contributed by atoms with E-state index in [2.05, 4.69) is 25.8 Å².